The first-order valence-electron chi connectivity index (χ1n) is 11.2. The van der Waals surface area contributed by atoms with E-state index in [9.17, 15) is 18.4 Å². The zero-order chi connectivity index (χ0) is 25.2. The normalized spacial score (nSPS) is 11.1. The number of carbonyl (C=O) groups is 1. The Morgan fingerprint density at radius 2 is 1.67 bits per heavy atom. The minimum absolute atomic E-state index is 0.169. The average molecular weight is 485 g/mol. The molecule has 0 radical (unpaired) electrons. The molecule has 7 nitrogen and oxygen atoms in total. The van der Waals surface area contributed by atoms with E-state index in [1.165, 1.54) is 4.52 Å². The second-order valence-corrected chi connectivity index (χ2v) is 8.30. The molecule has 36 heavy (non-hydrogen) atoms. The van der Waals surface area contributed by atoms with Crippen molar-refractivity contribution in [1.82, 2.24) is 19.2 Å². The molecule has 9 heteroatoms. The van der Waals surface area contributed by atoms with Crippen LogP contribution in [-0.4, -0.2) is 25.1 Å². The molecule has 0 saturated carbocycles. The summed E-state index contributed by atoms with van der Waals surface area (Å²) >= 11 is 0. The van der Waals surface area contributed by atoms with Gasteiger partial charge in [0.05, 0.1) is 5.69 Å². The first kappa shape index (κ1) is 23.1. The standard InChI is InChI=1S/C27H21F2N5O2/c1-17-21(14-18-8-4-2-5-9-18)26(36)34-27(31-25(32-34)19-10-6-3-7-11-19)33(17)16-24(35)30-23-15-20(28)12-13-22(23)29/h2-13,15H,14,16H2,1H3,(H,30,35). The number of amides is 1. The van der Waals surface area contributed by atoms with Crippen LogP contribution in [0.25, 0.3) is 17.2 Å². The molecule has 1 amide bonds. The van der Waals surface area contributed by atoms with Gasteiger partial charge >= 0.3 is 0 Å². The van der Waals surface area contributed by atoms with Crippen LogP contribution in [0, 0.1) is 18.6 Å². The molecular formula is C27H21F2N5O2. The maximum absolute atomic E-state index is 14.1. The third kappa shape index (κ3) is 4.50. The van der Waals surface area contributed by atoms with Gasteiger partial charge in [0, 0.05) is 29.3 Å². The quantitative estimate of drug-likeness (QED) is 0.387. The Kier molecular flexibility index (Phi) is 6.12. The molecule has 0 saturated heterocycles. The third-order valence-corrected chi connectivity index (χ3v) is 5.88. The number of aromatic nitrogens is 4. The Labute approximate surface area is 204 Å². The van der Waals surface area contributed by atoms with Crippen LogP contribution in [0.15, 0.2) is 83.7 Å². The van der Waals surface area contributed by atoms with E-state index in [4.69, 9.17) is 0 Å². The fourth-order valence-electron chi connectivity index (χ4n) is 4.04. The number of benzene rings is 3. The van der Waals surface area contributed by atoms with E-state index in [0.717, 1.165) is 23.8 Å². The monoisotopic (exact) mass is 485 g/mol. The predicted octanol–water partition coefficient (Wildman–Crippen LogP) is 4.37. The van der Waals surface area contributed by atoms with Gasteiger partial charge in [-0.3, -0.25) is 9.59 Å². The summed E-state index contributed by atoms with van der Waals surface area (Å²) in [6.45, 7) is 1.44. The van der Waals surface area contributed by atoms with E-state index in [1.54, 1.807) is 11.5 Å². The number of hydrogen-bond donors (Lipinski definition) is 1. The van der Waals surface area contributed by atoms with Gasteiger partial charge in [-0.2, -0.15) is 9.50 Å². The zero-order valence-electron chi connectivity index (χ0n) is 19.3. The molecule has 5 aromatic rings. The van der Waals surface area contributed by atoms with Crippen molar-refractivity contribution in [2.75, 3.05) is 5.32 Å². The first-order valence-corrected chi connectivity index (χ1v) is 11.2. The average Bonchev–Trinajstić information content (AvgIpc) is 3.33. The highest BCUT2D eigenvalue weighted by Crippen LogP contribution is 2.19. The molecule has 0 atom stereocenters. The second-order valence-electron chi connectivity index (χ2n) is 8.30. The molecule has 0 aliphatic rings. The van der Waals surface area contributed by atoms with Crippen LogP contribution in [0.2, 0.25) is 0 Å². The smallest absolute Gasteiger partial charge is 0.279 e. The molecule has 0 unspecified atom stereocenters. The highest BCUT2D eigenvalue weighted by Gasteiger charge is 2.21. The van der Waals surface area contributed by atoms with Crippen molar-refractivity contribution < 1.29 is 13.6 Å². The number of rotatable bonds is 6. The van der Waals surface area contributed by atoms with Crippen LogP contribution in [-0.2, 0) is 17.8 Å². The summed E-state index contributed by atoms with van der Waals surface area (Å²) in [5.74, 6) is -1.55. The first-order chi connectivity index (χ1) is 17.4. The molecule has 0 aliphatic carbocycles. The Morgan fingerprint density at radius 1 is 0.972 bits per heavy atom. The molecule has 0 bridgehead atoms. The summed E-state index contributed by atoms with van der Waals surface area (Å²) in [6, 6.07) is 21.4. The SMILES string of the molecule is Cc1c(Cc2ccccc2)c(=O)n2nc(-c3ccccc3)nc2n1CC(=O)Nc1cc(F)ccc1F. The number of anilines is 1. The summed E-state index contributed by atoms with van der Waals surface area (Å²) in [4.78, 5) is 30.9. The summed E-state index contributed by atoms with van der Waals surface area (Å²) in [6.07, 6.45) is 0.322. The van der Waals surface area contributed by atoms with Crippen molar-refractivity contribution in [2.45, 2.75) is 19.9 Å². The van der Waals surface area contributed by atoms with Gasteiger partial charge in [0.15, 0.2) is 5.82 Å². The molecular weight excluding hydrogens is 464 g/mol. The van der Waals surface area contributed by atoms with E-state index >= 15 is 0 Å². The van der Waals surface area contributed by atoms with Crippen LogP contribution in [0.3, 0.4) is 0 Å². The minimum atomic E-state index is -0.759. The second kappa shape index (κ2) is 9.53. The van der Waals surface area contributed by atoms with Gasteiger partial charge in [-0.05, 0) is 24.6 Å². The summed E-state index contributed by atoms with van der Waals surface area (Å²) < 4.78 is 30.4. The lowest BCUT2D eigenvalue weighted by Crippen LogP contribution is -2.29. The van der Waals surface area contributed by atoms with Gasteiger partial charge in [-0.15, -0.1) is 5.10 Å². The van der Waals surface area contributed by atoms with Gasteiger partial charge < -0.3 is 9.88 Å². The predicted molar refractivity (Wildman–Crippen MR) is 132 cm³/mol. The van der Waals surface area contributed by atoms with Crippen molar-refractivity contribution in [1.29, 1.82) is 0 Å². The molecule has 0 fully saturated rings. The van der Waals surface area contributed by atoms with E-state index in [2.05, 4.69) is 15.4 Å². The van der Waals surface area contributed by atoms with Crippen molar-refractivity contribution in [3.63, 3.8) is 0 Å². The summed E-state index contributed by atoms with van der Waals surface area (Å²) in [5, 5.41) is 6.84. The number of halogens is 2. The van der Waals surface area contributed by atoms with Crippen LogP contribution in [0.5, 0.6) is 0 Å². The van der Waals surface area contributed by atoms with E-state index in [-0.39, 0.29) is 23.6 Å². The van der Waals surface area contributed by atoms with Crippen molar-refractivity contribution in [2.24, 2.45) is 0 Å². The lowest BCUT2D eigenvalue weighted by Gasteiger charge is -2.16. The Bertz CT molecular complexity index is 1630. The maximum atomic E-state index is 14.1. The fourth-order valence-corrected chi connectivity index (χ4v) is 4.04. The highest BCUT2D eigenvalue weighted by atomic mass is 19.1. The summed E-state index contributed by atoms with van der Waals surface area (Å²) in [5.41, 5.74) is 1.99. The molecule has 5 rings (SSSR count). The topological polar surface area (TPSA) is 81.3 Å². The molecule has 3 aromatic carbocycles. The van der Waals surface area contributed by atoms with Gasteiger partial charge in [-0.1, -0.05) is 60.7 Å². The van der Waals surface area contributed by atoms with Crippen LogP contribution in [0.1, 0.15) is 16.8 Å². The zero-order valence-corrected chi connectivity index (χ0v) is 19.3. The van der Waals surface area contributed by atoms with E-state index in [0.29, 0.717) is 29.1 Å². The number of carbonyl (C=O) groups excluding carboxylic acids is 1. The van der Waals surface area contributed by atoms with E-state index in [1.807, 2.05) is 60.7 Å². The summed E-state index contributed by atoms with van der Waals surface area (Å²) in [7, 11) is 0. The molecule has 0 spiro atoms. The van der Waals surface area contributed by atoms with Crippen LogP contribution in [0.4, 0.5) is 14.5 Å². The Morgan fingerprint density at radius 3 is 2.39 bits per heavy atom. The Balaban J connectivity index is 1.61. The number of nitrogens with zero attached hydrogens (tertiary/aromatic N) is 4. The third-order valence-electron chi connectivity index (χ3n) is 5.88. The molecule has 1 N–H and O–H groups in total. The lowest BCUT2D eigenvalue weighted by atomic mass is 10.0. The van der Waals surface area contributed by atoms with E-state index < -0.39 is 17.5 Å². The van der Waals surface area contributed by atoms with Crippen LogP contribution < -0.4 is 10.9 Å². The molecule has 2 heterocycles. The van der Waals surface area contributed by atoms with Gasteiger partial charge in [0.25, 0.3) is 5.56 Å². The Hall–Kier alpha value is -4.66. The minimum Gasteiger partial charge on any atom is -0.322 e. The van der Waals surface area contributed by atoms with Gasteiger partial charge in [0.1, 0.15) is 18.2 Å². The lowest BCUT2D eigenvalue weighted by molar-refractivity contribution is -0.116. The highest BCUT2D eigenvalue weighted by molar-refractivity contribution is 5.91. The fraction of sp³-hybridized carbons (Fsp3) is 0.111. The largest absolute Gasteiger partial charge is 0.322 e. The van der Waals surface area contributed by atoms with Crippen LogP contribution >= 0.6 is 0 Å². The van der Waals surface area contributed by atoms with Crippen molar-refractivity contribution in [3.8, 4) is 11.4 Å². The van der Waals surface area contributed by atoms with Crippen molar-refractivity contribution in [3.05, 3.63) is 118 Å². The molecule has 2 aromatic heterocycles. The molecule has 180 valence electrons. The van der Waals surface area contributed by atoms with Gasteiger partial charge in [-0.25, -0.2) is 8.78 Å². The maximum Gasteiger partial charge on any atom is 0.279 e. The number of fused-ring (bicyclic) bond motifs is 1. The number of hydrogen-bond acceptors (Lipinski definition) is 4. The van der Waals surface area contributed by atoms with Gasteiger partial charge in [0.2, 0.25) is 11.7 Å². The van der Waals surface area contributed by atoms with Crippen molar-refractivity contribution >= 4 is 17.4 Å². The number of nitrogens with one attached hydrogen (secondary N) is 1. The molecule has 0 aliphatic heterocycles.